The van der Waals surface area contributed by atoms with Gasteiger partial charge in [0.2, 0.25) is 0 Å². The van der Waals surface area contributed by atoms with Crippen molar-refractivity contribution in [1.82, 2.24) is 0 Å². The van der Waals surface area contributed by atoms with Crippen molar-refractivity contribution >= 4 is 17.7 Å². The Morgan fingerprint density at radius 2 is 2.40 bits per heavy atom. The summed E-state index contributed by atoms with van der Waals surface area (Å²) in [5, 5.41) is 8.16. The first-order chi connectivity index (χ1) is 4.77. The molecular formula is C6H9FO2S. The Bertz CT molecular complexity index is 125. The third kappa shape index (κ3) is 7.49. The van der Waals surface area contributed by atoms with Crippen LogP contribution in [0.5, 0.6) is 0 Å². The molecule has 4 heteroatoms. The van der Waals surface area contributed by atoms with Crippen molar-refractivity contribution in [2.24, 2.45) is 0 Å². The van der Waals surface area contributed by atoms with Crippen LogP contribution >= 0.6 is 11.8 Å². The summed E-state index contributed by atoms with van der Waals surface area (Å²) in [5.41, 5.74) is 0. The van der Waals surface area contributed by atoms with Crippen LogP contribution < -0.4 is 0 Å². The van der Waals surface area contributed by atoms with Crippen molar-refractivity contribution < 1.29 is 14.3 Å². The van der Waals surface area contributed by atoms with Crippen LogP contribution in [0.2, 0.25) is 0 Å². The Morgan fingerprint density at radius 1 is 1.70 bits per heavy atom. The highest BCUT2D eigenvalue weighted by atomic mass is 32.2. The van der Waals surface area contributed by atoms with Gasteiger partial charge in [0.25, 0.3) is 0 Å². The lowest BCUT2D eigenvalue weighted by Gasteiger charge is -1.91. The average molecular weight is 164 g/mol. The molecule has 0 fully saturated rings. The van der Waals surface area contributed by atoms with Gasteiger partial charge in [0.1, 0.15) is 0 Å². The molecule has 0 unspecified atom stereocenters. The Kier molecular flexibility index (Phi) is 6.27. The number of hydrogen-bond acceptors (Lipinski definition) is 2. The van der Waals surface area contributed by atoms with Crippen molar-refractivity contribution in [2.45, 2.75) is 6.42 Å². The van der Waals surface area contributed by atoms with E-state index in [0.29, 0.717) is 17.8 Å². The first-order valence-electron chi connectivity index (χ1n) is 2.82. The number of rotatable bonds is 5. The molecule has 0 radical (unpaired) electrons. The molecule has 0 saturated heterocycles. The maximum Gasteiger partial charge on any atom is 0.304 e. The fraction of sp³-hybridized carbons (Fsp3) is 0.500. The van der Waals surface area contributed by atoms with Gasteiger partial charge in [-0.2, -0.15) is 11.8 Å². The van der Waals surface area contributed by atoms with Crippen molar-refractivity contribution in [2.75, 3.05) is 11.5 Å². The number of carboxylic acid groups (broad SMARTS) is 1. The lowest BCUT2D eigenvalue weighted by atomic mass is 10.5. The number of carboxylic acids is 1. The van der Waals surface area contributed by atoms with Crippen molar-refractivity contribution in [1.29, 1.82) is 0 Å². The summed E-state index contributed by atoms with van der Waals surface area (Å²) in [6.07, 6.45) is 1.96. The molecule has 0 spiro atoms. The summed E-state index contributed by atoms with van der Waals surface area (Å²) >= 11 is 1.40. The standard InChI is InChI=1S/C6H9FO2S/c7-3-1-4-10-5-2-6(8)9/h1,3H,2,4-5H2,(H,8,9). The summed E-state index contributed by atoms with van der Waals surface area (Å²) in [6, 6.07) is 0. The quantitative estimate of drug-likeness (QED) is 0.628. The van der Waals surface area contributed by atoms with Crippen LogP contribution in [0.1, 0.15) is 6.42 Å². The molecule has 0 bridgehead atoms. The van der Waals surface area contributed by atoms with E-state index in [-0.39, 0.29) is 6.42 Å². The fourth-order valence-corrected chi connectivity index (χ4v) is 1.04. The predicted molar refractivity (Wildman–Crippen MR) is 39.8 cm³/mol. The molecule has 10 heavy (non-hydrogen) atoms. The molecule has 0 atom stereocenters. The first kappa shape index (κ1) is 9.49. The van der Waals surface area contributed by atoms with E-state index >= 15 is 0 Å². The predicted octanol–water partition coefficient (Wildman–Crippen LogP) is 1.68. The summed E-state index contributed by atoms with van der Waals surface area (Å²) < 4.78 is 11.3. The molecule has 0 rings (SSSR count). The zero-order chi connectivity index (χ0) is 7.82. The molecule has 0 aliphatic rings. The number of halogens is 1. The summed E-state index contributed by atoms with van der Waals surface area (Å²) in [7, 11) is 0. The van der Waals surface area contributed by atoms with Crippen molar-refractivity contribution in [3.8, 4) is 0 Å². The molecule has 1 N–H and O–H groups in total. The average Bonchev–Trinajstić information content (AvgIpc) is 1.87. The summed E-state index contributed by atoms with van der Waals surface area (Å²) in [5.74, 6) is 0.278. The van der Waals surface area contributed by atoms with E-state index < -0.39 is 5.97 Å². The molecule has 0 aromatic carbocycles. The number of aliphatic carboxylic acids is 1. The zero-order valence-corrected chi connectivity index (χ0v) is 6.23. The van der Waals surface area contributed by atoms with Gasteiger partial charge in [-0.25, -0.2) is 4.39 Å². The Labute approximate surface area is 63.1 Å². The van der Waals surface area contributed by atoms with E-state index in [1.54, 1.807) is 0 Å². The van der Waals surface area contributed by atoms with E-state index in [9.17, 15) is 9.18 Å². The Balaban J connectivity index is 2.98. The maximum atomic E-state index is 11.3. The van der Waals surface area contributed by atoms with Gasteiger partial charge in [-0.05, 0) is 6.08 Å². The van der Waals surface area contributed by atoms with Gasteiger partial charge in [0.15, 0.2) is 0 Å². The van der Waals surface area contributed by atoms with Crippen molar-refractivity contribution in [3.63, 3.8) is 0 Å². The van der Waals surface area contributed by atoms with Gasteiger partial charge in [-0.1, -0.05) is 0 Å². The van der Waals surface area contributed by atoms with Crippen LogP contribution in [0.4, 0.5) is 4.39 Å². The first-order valence-corrected chi connectivity index (χ1v) is 3.97. The number of hydrogen-bond donors (Lipinski definition) is 1. The van der Waals surface area contributed by atoms with E-state index in [0.717, 1.165) is 0 Å². The third-order valence-electron chi connectivity index (χ3n) is 0.763. The molecule has 0 aliphatic carbocycles. The molecule has 2 nitrogen and oxygen atoms in total. The number of carbonyl (C=O) groups is 1. The van der Waals surface area contributed by atoms with Crippen LogP contribution in [-0.2, 0) is 4.79 Å². The SMILES string of the molecule is O=C(O)CCSCC=CF. The Morgan fingerprint density at radius 3 is 2.90 bits per heavy atom. The second-order valence-corrected chi connectivity index (χ2v) is 2.73. The molecule has 58 valence electrons. The van der Waals surface area contributed by atoms with Crippen LogP contribution in [0.3, 0.4) is 0 Å². The monoisotopic (exact) mass is 164 g/mol. The molecular weight excluding hydrogens is 155 g/mol. The highest BCUT2D eigenvalue weighted by molar-refractivity contribution is 7.99. The van der Waals surface area contributed by atoms with E-state index in [1.807, 2.05) is 0 Å². The summed E-state index contributed by atoms with van der Waals surface area (Å²) in [4.78, 5) is 9.93. The van der Waals surface area contributed by atoms with Gasteiger partial charge >= 0.3 is 5.97 Å². The molecule has 0 saturated carbocycles. The highest BCUT2D eigenvalue weighted by Crippen LogP contribution is 2.02. The normalized spacial score (nSPS) is 10.5. The van der Waals surface area contributed by atoms with Crippen LogP contribution in [0.15, 0.2) is 12.4 Å². The zero-order valence-electron chi connectivity index (χ0n) is 5.42. The van der Waals surface area contributed by atoms with Gasteiger partial charge in [-0.15, -0.1) is 0 Å². The van der Waals surface area contributed by atoms with Crippen LogP contribution in [-0.4, -0.2) is 22.6 Å². The van der Waals surface area contributed by atoms with E-state index in [1.165, 1.54) is 17.8 Å². The lowest BCUT2D eigenvalue weighted by Crippen LogP contribution is -1.95. The molecule has 0 heterocycles. The Hall–Kier alpha value is -0.510. The highest BCUT2D eigenvalue weighted by Gasteiger charge is 1.93. The van der Waals surface area contributed by atoms with E-state index in [4.69, 9.17) is 5.11 Å². The second kappa shape index (κ2) is 6.61. The minimum Gasteiger partial charge on any atom is -0.481 e. The topological polar surface area (TPSA) is 37.3 Å². The van der Waals surface area contributed by atoms with E-state index in [2.05, 4.69) is 0 Å². The fourth-order valence-electron chi connectivity index (χ4n) is 0.347. The van der Waals surface area contributed by atoms with Gasteiger partial charge in [-0.3, -0.25) is 4.79 Å². The molecule has 0 aromatic heterocycles. The number of thioether (sulfide) groups is 1. The third-order valence-corrected chi connectivity index (χ3v) is 1.68. The van der Waals surface area contributed by atoms with Crippen molar-refractivity contribution in [3.05, 3.63) is 12.4 Å². The smallest absolute Gasteiger partial charge is 0.304 e. The summed E-state index contributed by atoms with van der Waals surface area (Å²) in [6.45, 7) is 0. The lowest BCUT2D eigenvalue weighted by molar-refractivity contribution is -0.136. The van der Waals surface area contributed by atoms with Crippen LogP contribution in [0, 0.1) is 0 Å². The minimum absolute atomic E-state index is 0.144. The maximum absolute atomic E-state index is 11.3. The van der Waals surface area contributed by atoms with Crippen LogP contribution in [0.25, 0.3) is 0 Å². The minimum atomic E-state index is -0.809. The largest absolute Gasteiger partial charge is 0.481 e. The van der Waals surface area contributed by atoms with Gasteiger partial charge in [0.05, 0.1) is 12.8 Å². The molecule has 0 aromatic rings. The van der Waals surface area contributed by atoms with Gasteiger partial charge in [0, 0.05) is 11.5 Å². The molecule has 0 amide bonds. The van der Waals surface area contributed by atoms with Gasteiger partial charge < -0.3 is 5.11 Å². The molecule has 0 aliphatic heterocycles. The second-order valence-electron chi connectivity index (χ2n) is 1.58.